The Morgan fingerprint density at radius 2 is 1.14 bits per heavy atom. The van der Waals surface area contributed by atoms with Gasteiger partial charge in [-0.15, -0.1) is 6.58 Å². The van der Waals surface area contributed by atoms with Crippen LogP contribution >= 0.6 is 0 Å². The summed E-state index contributed by atoms with van der Waals surface area (Å²) in [5, 5.41) is 55.2. The van der Waals surface area contributed by atoms with E-state index in [-0.39, 0.29) is 13.0 Å². The third-order valence-corrected chi connectivity index (χ3v) is 9.21. The number of carbonyl (C=O) groups excluding carboxylic acids is 2. The molecule has 4 rings (SSSR count). The summed E-state index contributed by atoms with van der Waals surface area (Å²) in [5.41, 5.74) is 0. The molecule has 4 aliphatic heterocycles. The Hall–Kier alpha value is -1.98. The van der Waals surface area contributed by atoms with Gasteiger partial charge in [0.1, 0.15) is 62.0 Å². The van der Waals surface area contributed by atoms with E-state index in [4.69, 9.17) is 33.2 Å². The number of carbonyl (C=O) groups is 2. The Balaban J connectivity index is 1.82. The summed E-state index contributed by atoms with van der Waals surface area (Å²) in [4.78, 5) is 23.2. The largest absolute Gasteiger partial charge is 0.463 e. The van der Waals surface area contributed by atoms with E-state index in [2.05, 4.69) is 18.7 Å². The minimum absolute atomic E-state index is 0.279. The maximum atomic E-state index is 11.7. The summed E-state index contributed by atoms with van der Waals surface area (Å²) in [6.45, 7) is 5.50. The van der Waals surface area contributed by atoms with Crippen molar-refractivity contribution in [3.8, 4) is 0 Å². The maximum absolute atomic E-state index is 11.7. The van der Waals surface area contributed by atoms with Gasteiger partial charge in [-0.2, -0.15) is 0 Å². The summed E-state index contributed by atoms with van der Waals surface area (Å²) >= 11 is 0. The predicted octanol–water partition coefficient (Wildman–Crippen LogP) is 2.70. The molecule has 12 atom stereocenters. The third-order valence-electron chi connectivity index (χ3n) is 9.21. The molecule has 5 N–H and O–H groups in total. The molecule has 0 spiro atoms. The van der Waals surface area contributed by atoms with Crippen LogP contribution in [0.2, 0.25) is 0 Å². The third kappa shape index (κ3) is 14.2. The van der Waals surface area contributed by atoms with E-state index in [9.17, 15) is 35.1 Å². The van der Waals surface area contributed by atoms with Gasteiger partial charge in [-0.1, -0.05) is 63.2 Å². The van der Waals surface area contributed by atoms with Crippen LogP contribution < -0.4 is 0 Å². The van der Waals surface area contributed by atoms with Crippen LogP contribution in [0.4, 0.5) is 0 Å². The number of fused-ring (bicyclic) bond motifs is 20. The fourth-order valence-corrected chi connectivity index (χ4v) is 6.32. The number of allylic oxidation sites excluding steroid dienone is 2. The van der Waals surface area contributed by atoms with E-state index in [1.165, 1.54) is 13.8 Å². The molecule has 4 aliphatic rings. The fraction of sp³-hybridized carbons (Fsp3) is 0.833. The number of hydrogen-bond acceptors (Lipinski definition) is 14. The average molecular weight is 717 g/mol. The van der Waals surface area contributed by atoms with Gasteiger partial charge in [0.15, 0.2) is 18.9 Å². The predicted molar refractivity (Wildman–Crippen MR) is 179 cm³/mol. The van der Waals surface area contributed by atoms with Crippen LogP contribution in [-0.2, 0) is 42.7 Å². The molecule has 0 radical (unpaired) electrons. The van der Waals surface area contributed by atoms with E-state index in [1.54, 1.807) is 6.08 Å². The minimum atomic E-state index is -1.77. The zero-order valence-corrected chi connectivity index (χ0v) is 29.6. The Morgan fingerprint density at radius 1 is 0.620 bits per heavy atom. The van der Waals surface area contributed by atoms with Gasteiger partial charge in [-0.25, -0.2) is 0 Å². The highest BCUT2D eigenvalue weighted by molar-refractivity contribution is 5.66. The van der Waals surface area contributed by atoms with E-state index >= 15 is 0 Å². The summed E-state index contributed by atoms with van der Waals surface area (Å²) in [6.07, 6.45) is 2.16. The SMILES string of the molecule is C=CC1CCCCCCC/C=C\CCCCCCCC(O)O[C@@H]2C(COC(C)=O)O[C@@H](OC3C(O)[C@H](O)C(COC(C)=O)O[C@H]3O1)C(O)C2O. The van der Waals surface area contributed by atoms with E-state index < -0.39 is 92.4 Å². The monoisotopic (exact) mass is 716 g/mol. The molecule has 14 heteroatoms. The topological polar surface area (TPSA) is 200 Å². The van der Waals surface area contributed by atoms with E-state index in [0.29, 0.717) is 12.8 Å². The summed E-state index contributed by atoms with van der Waals surface area (Å²) < 4.78 is 40.1. The fourth-order valence-electron chi connectivity index (χ4n) is 6.32. The van der Waals surface area contributed by atoms with Crippen molar-refractivity contribution < 1.29 is 68.3 Å². The average Bonchev–Trinajstić information content (AvgIpc) is 3.08. The lowest BCUT2D eigenvalue weighted by Crippen LogP contribution is -2.65. The van der Waals surface area contributed by atoms with Crippen molar-refractivity contribution in [2.24, 2.45) is 0 Å². The number of ether oxygens (including phenoxy) is 7. The lowest BCUT2D eigenvalue weighted by molar-refractivity contribution is -0.376. The molecule has 0 saturated carbocycles. The molecule has 4 heterocycles. The van der Waals surface area contributed by atoms with Crippen molar-refractivity contribution in [1.29, 1.82) is 0 Å². The van der Waals surface area contributed by atoms with Crippen molar-refractivity contribution in [2.45, 2.75) is 178 Å². The van der Waals surface area contributed by atoms with Gasteiger partial charge >= 0.3 is 11.9 Å². The van der Waals surface area contributed by atoms with Crippen LogP contribution in [0.5, 0.6) is 0 Å². The molecule has 0 aromatic heterocycles. The van der Waals surface area contributed by atoms with Crippen molar-refractivity contribution in [2.75, 3.05) is 13.2 Å². The number of rotatable bonds is 5. The van der Waals surface area contributed by atoms with E-state index in [1.807, 2.05) is 0 Å². The standard InChI is InChI=1S/C36H60O14/c1-4-25-19-17-15-13-11-9-7-5-6-8-10-12-14-16-18-20-28(39)49-33-27(22-45-24(3)38)48-35(32(43)31(33)42)50-34-30(41)29(40)26(21-44-23(2)37)47-36(34)46-25/h4-6,25-36,39-43H,1,7-22H2,2-3H3/b6-5-/t25?,26?,27?,28?,29-,30?,31?,32?,33-,34?,35+,36-/m1/s1. The molecule has 50 heavy (non-hydrogen) atoms. The highest BCUT2D eigenvalue weighted by atomic mass is 16.8. The quantitative estimate of drug-likeness (QED) is 0.205. The van der Waals surface area contributed by atoms with Crippen molar-refractivity contribution >= 4 is 11.9 Å². The second kappa shape index (κ2) is 22.8. The molecule has 2 fully saturated rings. The van der Waals surface area contributed by atoms with Gasteiger partial charge in [0, 0.05) is 13.8 Å². The minimum Gasteiger partial charge on any atom is -0.463 e. The van der Waals surface area contributed by atoms with Crippen LogP contribution in [0.1, 0.15) is 104 Å². The second-order valence-corrected chi connectivity index (χ2v) is 13.4. The molecule has 8 unspecified atom stereocenters. The van der Waals surface area contributed by atoms with Gasteiger partial charge in [-0.05, 0) is 44.9 Å². The first-order valence-corrected chi connectivity index (χ1v) is 18.2. The molecular weight excluding hydrogens is 656 g/mol. The van der Waals surface area contributed by atoms with Gasteiger partial charge < -0.3 is 58.7 Å². The first kappa shape index (κ1) is 42.4. The molecule has 0 aliphatic carbocycles. The van der Waals surface area contributed by atoms with Crippen molar-refractivity contribution in [3.05, 3.63) is 24.8 Å². The molecule has 0 aromatic rings. The van der Waals surface area contributed by atoms with Gasteiger partial charge in [0.2, 0.25) is 0 Å². The van der Waals surface area contributed by atoms with Crippen molar-refractivity contribution in [1.82, 2.24) is 0 Å². The highest BCUT2D eigenvalue weighted by Crippen LogP contribution is 2.32. The van der Waals surface area contributed by atoms with Crippen LogP contribution in [0.3, 0.4) is 0 Å². The Labute approximate surface area is 295 Å². The smallest absolute Gasteiger partial charge is 0.302 e. The normalized spacial score (nSPS) is 38.5. The first-order chi connectivity index (χ1) is 24.0. The Kier molecular flexibility index (Phi) is 19.4. The number of esters is 2. The van der Waals surface area contributed by atoms with Gasteiger partial charge in [-0.3, -0.25) is 9.59 Å². The van der Waals surface area contributed by atoms with E-state index in [0.717, 1.165) is 70.6 Å². The number of aliphatic hydroxyl groups excluding tert-OH is 5. The number of hydrogen-bond donors (Lipinski definition) is 5. The van der Waals surface area contributed by atoms with Crippen LogP contribution in [0.25, 0.3) is 0 Å². The second-order valence-electron chi connectivity index (χ2n) is 13.4. The van der Waals surface area contributed by atoms with Crippen LogP contribution in [-0.4, -0.2) is 124 Å². The molecule has 2 saturated heterocycles. The summed E-state index contributed by atoms with van der Waals surface area (Å²) in [5.74, 6) is -1.25. The lowest BCUT2D eigenvalue weighted by Gasteiger charge is -2.47. The summed E-state index contributed by atoms with van der Waals surface area (Å²) in [7, 11) is 0. The lowest BCUT2D eigenvalue weighted by atomic mass is 9.97. The van der Waals surface area contributed by atoms with Gasteiger partial charge in [0.05, 0.1) is 6.10 Å². The summed E-state index contributed by atoms with van der Waals surface area (Å²) in [6, 6.07) is 0. The Morgan fingerprint density at radius 3 is 1.74 bits per heavy atom. The van der Waals surface area contributed by atoms with Crippen molar-refractivity contribution in [3.63, 3.8) is 0 Å². The zero-order chi connectivity index (χ0) is 36.5. The van der Waals surface area contributed by atoms with Gasteiger partial charge in [0.25, 0.3) is 0 Å². The molecular formula is C36H60O14. The molecule has 0 amide bonds. The van der Waals surface area contributed by atoms with Crippen LogP contribution in [0.15, 0.2) is 24.8 Å². The number of aliphatic hydroxyl groups is 5. The molecule has 2 bridgehead atoms. The Bertz CT molecular complexity index is 1020. The molecule has 0 aromatic carbocycles. The maximum Gasteiger partial charge on any atom is 0.302 e. The first-order valence-electron chi connectivity index (χ1n) is 18.2. The highest BCUT2D eigenvalue weighted by Gasteiger charge is 2.52. The van der Waals surface area contributed by atoms with Crippen LogP contribution in [0, 0.1) is 0 Å². The molecule has 288 valence electrons. The molecule has 14 nitrogen and oxygen atoms in total. The zero-order valence-electron chi connectivity index (χ0n) is 29.6.